The summed E-state index contributed by atoms with van der Waals surface area (Å²) >= 11 is 5.80. The minimum atomic E-state index is -0.446. The maximum absolute atomic E-state index is 11.8. The first-order chi connectivity index (χ1) is 8.15. The van der Waals surface area contributed by atoms with Crippen molar-refractivity contribution < 1.29 is 4.79 Å². The van der Waals surface area contributed by atoms with Crippen molar-refractivity contribution in [3.05, 3.63) is 51.4 Å². The third-order valence-electron chi connectivity index (χ3n) is 2.43. The van der Waals surface area contributed by atoms with Crippen LogP contribution in [-0.4, -0.2) is 15.8 Å². The average molecular weight is 249 g/mol. The van der Waals surface area contributed by atoms with Crippen LogP contribution in [0.2, 0.25) is 5.15 Å². The van der Waals surface area contributed by atoms with E-state index in [0.29, 0.717) is 12.1 Å². The quantitative estimate of drug-likeness (QED) is 0.603. The number of aromatic nitrogens is 2. The van der Waals surface area contributed by atoms with Crippen molar-refractivity contribution in [2.45, 2.75) is 0 Å². The average Bonchev–Trinajstić information content (AvgIpc) is 2.35. The minimum Gasteiger partial charge on any atom is -0.298 e. The van der Waals surface area contributed by atoms with Crippen molar-refractivity contribution in [1.82, 2.24) is 9.55 Å². The van der Waals surface area contributed by atoms with Crippen LogP contribution in [0.15, 0.2) is 35.1 Å². The Morgan fingerprint density at radius 1 is 1.29 bits per heavy atom. The molecule has 0 spiro atoms. The zero-order valence-electron chi connectivity index (χ0n) is 9.05. The molecule has 4 nitrogen and oxygen atoms in total. The highest BCUT2D eigenvalue weighted by Crippen LogP contribution is 2.17. The Morgan fingerprint density at radius 2 is 1.94 bits per heavy atom. The molecule has 2 aromatic rings. The van der Waals surface area contributed by atoms with E-state index in [0.717, 1.165) is 5.56 Å². The third-order valence-corrected chi connectivity index (χ3v) is 2.72. The predicted octanol–water partition coefficient (Wildman–Crippen LogP) is 1.91. The van der Waals surface area contributed by atoms with Gasteiger partial charge in [0.25, 0.3) is 5.56 Å². The van der Waals surface area contributed by atoms with Gasteiger partial charge in [-0.05, 0) is 0 Å². The molecular formula is C12H9ClN2O2. The van der Waals surface area contributed by atoms with Gasteiger partial charge in [-0.15, -0.1) is 0 Å². The van der Waals surface area contributed by atoms with Gasteiger partial charge >= 0.3 is 0 Å². The molecule has 0 bridgehead atoms. The summed E-state index contributed by atoms with van der Waals surface area (Å²) in [4.78, 5) is 26.6. The molecule has 0 saturated carbocycles. The van der Waals surface area contributed by atoms with E-state index in [2.05, 4.69) is 4.98 Å². The number of aldehydes is 1. The largest absolute Gasteiger partial charge is 0.298 e. The van der Waals surface area contributed by atoms with Crippen molar-refractivity contribution in [3.63, 3.8) is 0 Å². The molecular weight excluding hydrogens is 240 g/mol. The minimum absolute atomic E-state index is 0.0676. The Morgan fingerprint density at radius 3 is 2.53 bits per heavy atom. The molecule has 17 heavy (non-hydrogen) atoms. The van der Waals surface area contributed by atoms with Crippen molar-refractivity contribution >= 4 is 17.9 Å². The Bertz CT molecular complexity index is 620. The monoisotopic (exact) mass is 248 g/mol. The second-order valence-corrected chi connectivity index (χ2v) is 3.85. The topological polar surface area (TPSA) is 52.0 Å². The maximum Gasteiger partial charge on any atom is 0.265 e. The lowest BCUT2D eigenvalue weighted by atomic mass is 10.2. The fraction of sp³-hybridized carbons (Fsp3) is 0.0833. The zero-order chi connectivity index (χ0) is 12.4. The molecule has 0 unspecified atom stereocenters. The van der Waals surface area contributed by atoms with Crippen LogP contribution in [-0.2, 0) is 7.05 Å². The second-order valence-electron chi connectivity index (χ2n) is 3.49. The molecule has 0 amide bonds. The number of nitrogens with zero attached hydrogens (tertiary/aromatic N) is 2. The van der Waals surface area contributed by atoms with Gasteiger partial charge in [0, 0.05) is 12.6 Å². The van der Waals surface area contributed by atoms with Crippen LogP contribution in [0.5, 0.6) is 0 Å². The first-order valence-electron chi connectivity index (χ1n) is 4.92. The molecule has 5 heteroatoms. The van der Waals surface area contributed by atoms with E-state index in [9.17, 15) is 9.59 Å². The summed E-state index contributed by atoms with van der Waals surface area (Å²) < 4.78 is 1.31. The highest BCUT2D eigenvalue weighted by Gasteiger charge is 2.13. The molecule has 2 rings (SSSR count). The van der Waals surface area contributed by atoms with Gasteiger partial charge in [0.05, 0.1) is 0 Å². The molecule has 0 saturated heterocycles. The van der Waals surface area contributed by atoms with E-state index < -0.39 is 5.56 Å². The lowest BCUT2D eigenvalue weighted by Gasteiger charge is -2.08. The molecule has 0 atom stereocenters. The van der Waals surface area contributed by atoms with E-state index >= 15 is 0 Å². The van der Waals surface area contributed by atoms with Crippen molar-refractivity contribution in [2.24, 2.45) is 7.05 Å². The fourth-order valence-electron chi connectivity index (χ4n) is 1.54. The van der Waals surface area contributed by atoms with Crippen LogP contribution >= 0.6 is 11.6 Å². The van der Waals surface area contributed by atoms with Gasteiger partial charge in [0.2, 0.25) is 0 Å². The summed E-state index contributed by atoms with van der Waals surface area (Å²) in [5.41, 5.74) is 0.208. The molecule has 0 aliphatic rings. The summed E-state index contributed by atoms with van der Waals surface area (Å²) in [6.07, 6.45) is 0.423. The van der Waals surface area contributed by atoms with Gasteiger partial charge in [-0.25, -0.2) is 4.98 Å². The standard InChI is InChI=1S/C12H9ClN2O2/c1-15-11(8-5-3-2-4-6-8)14-10(13)9(7-16)12(15)17/h2-7H,1H3. The molecule has 1 aromatic carbocycles. The summed E-state index contributed by atoms with van der Waals surface area (Å²) in [7, 11) is 1.56. The predicted molar refractivity (Wildman–Crippen MR) is 65.3 cm³/mol. The van der Waals surface area contributed by atoms with Crippen molar-refractivity contribution in [3.8, 4) is 11.4 Å². The van der Waals surface area contributed by atoms with E-state index in [-0.39, 0.29) is 10.7 Å². The lowest BCUT2D eigenvalue weighted by molar-refractivity contribution is 0.112. The first-order valence-corrected chi connectivity index (χ1v) is 5.30. The van der Waals surface area contributed by atoms with Crippen LogP contribution in [0.1, 0.15) is 10.4 Å². The van der Waals surface area contributed by atoms with E-state index in [1.54, 1.807) is 7.05 Å². The normalized spacial score (nSPS) is 10.2. The third kappa shape index (κ3) is 1.99. The number of hydrogen-bond acceptors (Lipinski definition) is 3. The Balaban J connectivity index is 2.74. The summed E-state index contributed by atoms with van der Waals surface area (Å²) in [6.45, 7) is 0. The number of carbonyl (C=O) groups is 1. The van der Waals surface area contributed by atoms with Crippen molar-refractivity contribution in [1.29, 1.82) is 0 Å². The Hall–Kier alpha value is -1.94. The van der Waals surface area contributed by atoms with Crippen molar-refractivity contribution in [2.75, 3.05) is 0 Å². The number of halogens is 1. The summed E-state index contributed by atoms with van der Waals surface area (Å²) in [5, 5.41) is -0.0676. The second kappa shape index (κ2) is 4.51. The SMILES string of the molecule is Cn1c(-c2ccccc2)nc(Cl)c(C=O)c1=O. The number of rotatable bonds is 2. The van der Waals surface area contributed by atoms with Gasteiger partial charge in [0.15, 0.2) is 6.29 Å². The van der Waals surface area contributed by atoms with Gasteiger partial charge < -0.3 is 0 Å². The van der Waals surface area contributed by atoms with Gasteiger partial charge in [0.1, 0.15) is 16.5 Å². The molecule has 1 heterocycles. The van der Waals surface area contributed by atoms with E-state index in [4.69, 9.17) is 11.6 Å². The molecule has 0 radical (unpaired) electrons. The smallest absolute Gasteiger partial charge is 0.265 e. The van der Waals surface area contributed by atoms with E-state index in [1.807, 2.05) is 30.3 Å². The lowest BCUT2D eigenvalue weighted by Crippen LogP contribution is -2.24. The molecule has 0 aliphatic heterocycles. The van der Waals surface area contributed by atoms with Crippen LogP contribution in [0, 0.1) is 0 Å². The van der Waals surface area contributed by atoms with Crippen LogP contribution in [0.4, 0.5) is 0 Å². The maximum atomic E-state index is 11.8. The summed E-state index contributed by atoms with van der Waals surface area (Å²) in [5.74, 6) is 0.436. The molecule has 86 valence electrons. The van der Waals surface area contributed by atoms with E-state index in [1.165, 1.54) is 4.57 Å². The van der Waals surface area contributed by atoms with Gasteiger partial charge in [-0.3, -0.25) is 14.2 Å². The molecule has 0 N–H and O–H groups in total. The fourth-order valence-corrected chi connectivity index (χ4v) is 1.74. The zero-order valence-corrected chi connectivity index (χ0v) is 9.81. The Kier molecular flexibility index (Phi) is 3.06. The number of benzene rings is 1. The highest BCUT2D eigenvalue weighted by molar-refractivity contribution is 6.31. The van der Waals surface area contributed by atoms with Crippen LogP contribution < -0.4 is 5.56 Å². The van der Waals surface area contributed by atoms with Crippen LogP contribution in [0.3, 0.4) is 0 Å². The van der Waals surface area contributed by atoms with Gasteiger partial charge in [-0.2, -0.15) is 0 Å². The first kappa shape index (κ1) is 11.5. The van der Waals surface area contributed by atoms with Gasteiger partial charge in [-0.1, -0.05) is 41.9 Å². The molecule has 1 aromatic heterocycles. The van der Waals surface area contributed by atoms with Crippen LogP contribution in [0.25, 0.3) is 11.4 Å². The number of carbonyl (C=O) groups excluding carboxylic acids is 1. The molecule has 0 aliphatic carbocycles. The Labute approximate surface area is 102 Å². The summed E-state index contributed by atoms with van der Waals surface area (Å²) in [6, 6.07) is 9.17. The highest BCUT2D eigenvalue weighted by atomic mass is 35.5. The number of hydrogen-bond donors (Lipinski definition) is 0. The molecule has 0 fully saturated rings.